The van der Waals surface area contributed by atoms with Crippen molar-refractivity contribution < 1.29 is 32.2 Å². The van der Waals surface area contributed by atoms with Gasteiger partial charge in [0.1, 0.15) is 0 Å². The van der Waals surface area contributed by atoms with Crippen molar-refractivity contribution in [3.8, 4) is 0 Å². The number of imide groups is 1. The molecule has 1 aliphatic rings. The molecule has 1 aromatic rings. The molecule has 1 saturated heterocycles. The van der Waals surface area contributed by atoms with Gasteiger partial charge in [0.15, 0.2) is 0 Å². The highest BCUT2D eigenvalue weighted by molar-refractivity contribution is 7.99. The van der Waals surface area contributed by atoms with Gasteiger partial charge in [-0.3, -0.25) is 14.1 Å². The number of hydrogen-bond donors (Lipinski definition) is 1. The van der Waals surface area contributed by atoms with Crippen LogP contribution in [-0.4, -0.2) is 47.3 Å². The third-order valence-electron chi connectivity index (χ3n) is 3.32. The molecular formula is C15H17NO7S2. The molecule has 10 heteroatoms. The van der Waals surface area contributed by atoms with Gasteiger partial charge in [0.25, 0.3) is 21.9 Å². The molecule has 0 aliphatic carbocycles. The van der Waals surface area contributed by atoms with Crippen LogP contribution in [0.5, 0.6) is 0 Å². The zero-order chi connectivity index (χ0) is 18.4. The van der Waals surface area contributed by atoms with Crippen LogP contribution in [0.15, 0.2) is 24.3 Å². The standard InChI is InChI=1S/C15H17NO7S2/c17-13-5-6-14(18)16(13)23-15(19)9-11-1-3-12(4-2-11)10-24-7-8-25(20,21)22/h1-4H,5-10H2,(H,20,21,22). The molecule has 0 aromatic heterocycles. The van der Waals surface area contributed by atoms with Crippen molar-refractivity contribution >= 4 is 39.7 Å². The molecule has 1 heterocycles. The number of hydrogen-bond acceptors (Lipinski definition) is 7. The smallest absolute Gasteiger partial charge is 0.330 e. The van der Waals surface area contributed by atoms with Crippen molar-refractivity contribution in [2.45, 2.75) is 25.0 Å². The monoisotopic (exact) mass is 387 g/mol. The van der Waals surface area contributed by atoms with E-state index in [1.807, 2.05) is 0 Å². The average molecular weight is 387 g/mol. The second-order valence-corrected chi connectivity index (χ2v) is 8.05. The first-order chi connectivity index (χ1) is 11.7. The lowest BCUT2D eigenvalue weighted by atomic mass is 10.1. The van der Waals surface area contributed by atoms with Crippen LogP contribution in [0.4, 0.5) is 0 Å². The normalized spacial score (nSPS) is 14.8. The van der Waals surface area contributed by atoms with E-state index >= 15 is 0 Å². The highest BCUT2D eigenvalue weighted by Crippen LogP contribution is 2.15. The Balaban J connectivity index is 1.78. The zero-order valence-corrected chi connectivity index (χ0v) is 14.8. The number of hydroxylamine groups is 2. The fourth-order valence-electron chi connectivity index (χ4n) is 2.07. The Kier molecular flexibility index (Phi) is 6.57. The molecule has 8 nitrogen and oxygen atoms in total. The maximum atomic E-state index is 11.8. The molecule has 136 valence electrons. The summed E-state index contributed by atoms with van der Waals surface area (Å²) in [6, 6.07) is 7.01. The molecule has 25 heavy (non-hydrogen) atoms. The highest BCUT2D eigenvalue weighted by atomic mass is 32.2. The Morgan fingerprint density at radius 2 is 1.68 bits per heavy atom. The van der Waals surface area contributed by atoms with Crippen molar-refractivity contribution in [2.24, 2.45) is 0 Å². The first kappa shape index (κ1) is 19.4. The van der Waals surface area contributed by atoms with Gasteiger partial charge >= 0.3 is 5.97 Å². The van der Waals surface area contributed by atoms with Crippen LogP contribution < -0.4 is 0 Å². The number of carbonyl (C=O) groups is 3. The van der Waals surface area contributed by atoms with Crippen LogP contribution in [0, 0.1) is 0 Å². The summed E-state index contributed by atoms with van der Waals surface area (Å²) in [5.74, 6) is -1.18. The van der Waals surface area contributed by atoms with Gasteiger partial charge in [-0.05, 0) is 11.1 Å². The molecule has 0 atom stereocenters. The third-order valence-corrected chi connectivity index (χ3v) is 5.33. The molecular weight excluding hydrogens is 370 g/mol. The van der Waals surface area contributed by atoms with Gasteiger partial charge in [0.2, 0.25) is 0 Å². The first-order valence-electron chi connectivity index (χ1n) is 7.42. The molecule has 1 fully saturated rings. The number of thioether (sulfide) groups is 1. The Labute approximate surface area is 149 Å². The average Bonchev–Trinajstić information content (AvgIpc) is 2.84. The first-order valence-corrected chi connectivity index (χ1v) is 10.2. The zero-order valence-electron chi connectivity index (χ0n) is 13.2. The van der Waals surface area contributed by atoms with Crippen molar-refractivity contribution in [1.82, 2.24) is 5.06 Å². The van der Waals surface area contributed by atoms with E-state index in [1.54, 1.807) is 24.3 Å². The van der Waals surface area contributed by atoms with Gasteiger partial charge in [0, 0.05) is 24.3 Å². The fourth-order valence-corrected chi connectivity index (χ4v) is 3.95. The fraction of sp³-hybridized carbons (Fsp3) is 0.400. The van der Waals surface area contributed by atoms with Crippen molar-refractivity contribution in [2.75, 3.05) is 11.5 Å². The van der Waals surface area contributed by atoms with E-state index in [2.05, 4.69) is 0 Å². The van der Waals surface area contributed by atoms with Crippen LogP contribution in [0.3, 0.4) is 0 Å². The van der Waals surface area contributed by atoms with Gasteiger partial charge in [-0.15, -0.1) is 5.06 Å². The van der Waals surface area contributed by atoms with Gasteiger partial charge < -0.3 is 4.84 Å². The Morgan fingerprint density at radius 1 is 1.12 bits per heavy atom. The van der Waals surface area contributed by atoms with E-state index in [4.69, 9.17) is 9.39 Å². The summed E-state index contributed by atoms with van der Waals surface area (Å²) in [4.78, 5) is 39.3. The number of carbonyl (C=O) groups excluding carboxylic acids is 3. The lowest BCUT2D eigenvalue weighted by Gasteiger charge is -2.12. The molecule has 1 N–H and O–H groups in total. The largest absolute Gasteiger partial charge is 0.337 e. The topological polar surface area (TPSA) is 118 Å². The van der Waals surface area contributed by atoms with E-state index in [0.717, 1.165) is 5.56 Å². The second-order valence-electron chi connectivity index (χ2n) is 5.38. The van der Waals surface area contributed by atoms with Gasteiger partial charge in [0.05, 0.1) is 12.2 Å². The summed E-state index contributed by atoms with van der Waals surface area (Å²) in [6.45, 7) is 0. The van der Waals surface area contributed by atoms with Gasteiger partial charge in [-0.25, -0.2) is 4.79 Å². The quantitative estimate of drug-likeness (QED) is 0.398. The van der Waals surface area contributed by atoms with E-state index in [-0.39, 0.29) is 30.8 Å². The molecule has 2 amide bonds. The van der Waals surface area contributed by atoms with Crippen LogP contribution in [0.2, 0.25) is 0 Å². The third kappa shape index (κ3) is 6.48. The number of benzene rings is 1. The number of amides is 2. The Hall–Kier alpha value is -1.91. The predicted octanol–water partition coefficient (Wildman–Crippen LogP) is 0.957. The van der Waals surface area contributed by atoms with Crippen molar-refractivity contribution in [3.05, 3.63) is 35.4 Å². The molecule has 1 aromatic carbocycles. The molecule has 0 unspecified atom stereocenters. The van der Waals surface area contributed by atoms with Crippen LogP contribution >= 0.6 is 11.8 Å². The number of nitrogens with zero attached hydrogens (tertiary/aromatic N) is 1. The molecule has 0 radical (unpaired) electrons. The van der Waals surface area contributed by atoms with Crippen LogP contribution in [0.25, 0.3) is 0 Å². The molecule has 0 saturated carbocycles. The molecule has 0 bridgehead atoms. The minimum atomic E-state index is -3.94. The summed E-state index contributed by atoms with van der Waals surface area (Å²) in [5.41, 5.74) is 1.60. The molecule has 2 rings (SSSR count). The van der Waals surface area contributed by atoms with Crippen LogP contribution in [0.1, 0.15) is 24.0 Å². The van der Waals surface area contributed by atoms with E-state index < -0.39 is 27.9 Å². The lowest BCUT2D eigenvalue weighted by Crippen LogP contribution is -2.32. The van der Waals surface area contributed by atoms with E-state index in [9.17, 15) is 22.8 Å². The SMILES string of the molecule is O=C(Cc1ccc(CSCCS(=O)(=O)O)cc1)ON1C(=O)CCC1=O. The maximum Gasteiger partial charge on any atom is 0.337 e. The minimum Gasteiger partial charge on any atom is -0.330 e. The molecule has 1 aliphatic heterocycles. The summed E-state index contributed by atoms with van der Waals surface area (Å²) in [6.07, 6.45) is 0.0271. The lowest BCUT2D eigenvalue weighted by molar-refractivity contribution is -0.197. The predicted molar refractivity (Wildman–Crippen MR) is 89.9 cm³/mol. The van der Waals surface area contributed by atoms with Gasteiger partial charge in [-0.1, -0.05) is 24.3 Å². The summed E-state index contributed by atoms with van der Waals surface area (Å²) < 4.78 is 29.9. The second kappa shape index (κ2) is 8.45. The van der Waals surface area contributed by atoms with Crippen LogP contribution in [-0.2, 0) is 41.5 Å². The molecule has 0 spiro atoms. The minimum absolute atomic E-state index is 0.0516. The van der Waals surface area contributed by atoms with Gasteiger partial charge in [-0.2, -0.15) is 20.2 Å². The van der Waals surface area contributed by atoms with E-state index in [0.29, 0.717) is 16.4 Å². The Bertz CT molecular complexity index is 743. The summed E-state index contributed by atoms with van der Waals surface area (Å²) >= 11 is 1.36. The summed E-state index contributed by atoms with van der Waals surface area (Å²) in [5, 5.41) is 0.516. The van der Waals surface area contributed by atoms with Crippen molar-refractivity contribution in [3.63, 3.8) is 0 Å². The highest BCUT2D eigenvalue weighted by Gasteiger charge is 2.32. The maximum absolute atomic E-state index is 11.8. The van der Waals surface area contributed by atoms with E-state index in [1.165, 1.54) is 11.8 Å². The number of rotatable bonds is 8. The van der Waals surface area contributed by atoms with Crippen molar-refractivity contribution in [1.29, 1.82) is 0 Å². The summed E-state index contributed by atoms with van der Waals surface area (Å²) in [7, 11) is -3.94. The Morgan fingerprint density at radius 3 is 2.24 bits per heavy atom.